The van der Waals surface area contributed by atoms with Gasteiger partial charge in [0.2, 0.25) is 0 Å². The molecule has 0 radical (unpaired) electrons. The Morgan fingerprint density at radius 1 is 1.07 bits per heavy atom. The number of hydrogen-bond donors (Lipinski definition) is 6. The van der Waals surface area contributed by atoms with Gasteiger partial charge in [0, 0.05) is 25.1 Å². The summed E-state index contributed by atoms with van der Waals surface area (Å²) in [4.78, 5) is 22.8. The zero-order valence-corrected chi connectivity index (χ0v) is 24.0. The van der Waals surface area contributed by atoms with Gasteiger partial charge in [-0.1, -0.05) is 6.92 Å². The van der Waals surface area contributed by atoms with Crippen molar-refractivity contribution in [1.29, 1.82) is 0 Å². The van der Waals surface area contributed by atoms with Crippen molar-refractivity contribution in [2.24, 2.45) is 0 Å². The van der Waals surface area contributed by atoms with Crippen LogP contribution < -0.4 is 21.9 Å². The SMILES string of the molecule is CCC1=C(F)[C@@H](Oc2nccc(N)n2)[C@@H]2OC(C)(C)O[C@H]12.CO.Cl.Nc1ccn([C@@H]2C(F)=C(CO)[C@@H](O)[C@H]2O)c(=O)n1. The third-order valence-electron chi connectivity index (χ3n) is 6.49. The zero-order valence-electron chi connectivity index (χ0n) is 23.2. The van der Waals surface area contributed by atoms with Crippen LogP contribution in [0.25, 0.3) is 0 Å². The lowest BCUT2D eigenvalue weighted by Crippen LogP contribution is -2.36. The molecule has 0 amide bonds. The third kappa shape index (κ3) is 7.03. The molecule has 1 fully saturated rings. The van der Waals surface area contributed by atoms with Gasteiger partial charge in [0.05, 0.1) is 6.61 Å². The molecule has 5 rings (SSSR count). The Labute approximate surface area is 245 Å². The number of nitrogen functional groups attached to an aromatic ring is 2. The fourth-order valence-electron chi connectivity index (χ4n) is 4.71. The molecule has 0 bridgehead atoms. The lowest BCUT2D eigenvalue weighted by molar-refractivity contribution is -0.153. The molecule has 14 nitrogen and oxygen atoms in total. The Morgan fingerprint density at radius 2 is 1.71 bits per heavy atom. The molecular weight excluding hydrogens is 586 g/mol. The molecule has 3 aliphatic rings. The van der Waals surface area contributed by atoms with E-state index in [2.05, 4.69) is 15.0 Å². The molecule has 0 unspecified atom stereocenters. The Morgan fingerprint density at radius 3 is 2.26 bits per heavy atom. The number of aliphatic hydroxyl groups excluding tert-OH is 4. The lowest BCUT2D eigenvalue weighted by atomic mass is 10.1. The van der Waals surface area contributed by atoms with Gasteiger partial charge in [-0.25, -0.2) is 18.6 Å². The van der Waals surface area contributed by atoms with Crippen LogP contribution in [-0.2, 0) is 9.47 Å². The summed E-state index contributed by atoms with van der Waals surface area (Å²) < 4.78 is 46.4. The number of hydrogen-bond acceptors (Lipinski definition) is 13. The second kappa shape index (κ2) is 14.3. The number of nitrogens with zero attached hydrogens (tertiary/aromatic N) is 4. The first-order valence-electron chi connectivity index (χ1n) is 12.5. The molecule has 17 heteroatoms. The summed E-state index contributed by atoms with van der Waals surface area (Å²) in [5.41, 5.74) is 10.3. The van der Waals surface area contributed by atoms with Crippen molar-refractivity contribution in [2.45, 2.75) is 69.5 Å². The van der Waals surface area contributed by atoms with Gasteiger partial charge in [-0.3, -0.25) is 4.57 Å². The number of aromatic nitrogens is 4. The predicted molar refractivity (Wildman–Crippen MR) is 148 cm³/mol. The van der Waals surface area contributed by atoms with E-state index in [4.69, 9.17) is 35.9 Å². The van der Waals surface area contributed by atoms with Crippen molar-refractivity contribution in [2.75, 3.05) is 25.2 Å². The average Bonchev–Trinajstić information content (AvgIpc) is 3.44. The standard InChI is InChI=1S/C14H18FN3O3.C10H12FN3O4.CH4O.ClH/c1-4-7-9(15)11(12-10(7)20-14(2,3)21-12)19-13-17-6-5-8(16)18-13;11-6-4(3-15)8(16)9(17)7(6)14-2-1-5(12)13-10(14)18;1-2;/h5-6,10-12H,4H2,1-3H3,(H2,16,17,18);1-2,7-9,15-17H,3H2,(H2,12,13,18);2H,1H3;1H/t10-,11-,12-;7-,8-,9+;;/m11../s1. The van der Waals surface area contributed by atoms with Crippen LogP contribution in [0.5, 0.6) is 6.01 Å². The minimum atomic E-state index is -1.56. The molecule has 2 aliphatic carbocycles. The minimum Gasteiger partial charge on any atom is -0.450 e. The van der Waals surface area contributed by atoms with Gasteiger partial charge in [0.1, 0.15) is 53.7 Å². The van der Waals surface area contributed by atoms with Crippen LogP contribution >= 0.6 is 12.4 Å². The lowest BCUT2D eigenvalue weighted by Gasteiger charge is -2.21. The van der Waals surface area contributed by atoms with E-state index in [1.807, 2.05) is 6.92 Å². The average molecular weight is 621 g/mol. The van der Waals surface area contributed by atoms with Crippen molar-refractivity contribution in [3.63, 3.8) is 0 Å². The predicted octanol–water partition coefficient (Wildman–Crippen LogP) is 0.322. The van der Waals surface area contributed by atoms with Crippen LogP contribution in [0.15, 0.2) is 52.1 Å². The van der Waals surface area contributed by atoms with E-state index in [9.17, 15) is 23.8 Å². The van der Waals surface area contributed by atoms with Crippen molar-refractivity contribution in [3.05, 3.63) is 57.8 Å². The van der Waals surface area contributed by atoms with Gasteiger partial charge in [-0.05, 0) is 38.0 Å². The fraction of sp³-hybridized carbons (Fsp3) is 0.520. The van der Waals surface area contributed by atoms with E-state index >= 15 is 0 Å². The number of anilines is 2. The van der Waals surface area contributed by atoms with Crippen LogP contribution in [0.3, 0.4) is 0 Å². The van der Waals surface area contributed by atoms with E-state index in [-0.39, 0.29) is 41.5 Å². The van der Waals surface area contributed by atoms with Crippen molar-refractivity contribution >= 4 is 24.0 Å². The number of ether oxygens (including phenoxy) is 3. The van der Waals surface area contributed by atoms with Gasteiger partial charge < -0.3 is 46.1 Å². The smallest absolute Gasteiger partial charge is 0.350 e. The molecule has 1 saturated heterocycles. The maximum atomic E-state index is 14.5. The molecule has 6 atom stereocenters. The fourth-order valence-corrected chi connectivity index (χ4v) is 4.71. The number of aliphatic hydroxyl groups is 4. The molecule has 2 aromatic heterocycles. The summed E-state index contributed by atoms with van der Waals surface area (Å²) in [6.07, 6.45) is -1.83. The third-order valence-corrected chi connectivity index (χ3v) is 6.49. The van der Waals surface area contributed by atoms with E-state index in [1.54, 1.807) is 13.8 Å². The Bertz CT molecular complexity index is 1360. The maximum absolute atomic E-state index is 14.5. The van der Waals surface area contributed by atoms with Gasteiger partial charge >= 0.3 is 11.7 Å². The number of rotatable bonds is 5. The number of halogens is 3. The summed E-state index contributed by atoms with van der Waals surface area (Å²) in [5, 5.41) is 35.2. The van der Waals surface area contributed by atoms with E-state index in [1.165, 1.54) is 24.5 Å². The van der Waals surface area contributed by atoms with Gasteiger partial charge in [-0.15, -0.1) is 12.4 Å². The quantitative estimate of drug-likeness (QED) is 0.265. The summed E-state index contributed by atoms with van der Waals surface area (Å²) in [6, 6.07) is 1.43. The van der Waals surface area contributed by atoms with Gasteiger partial charge in [0.25, 0.3) is 0 Å². The van der Waals surface area contributed by atoms with Crippen molar-refractivity contribution in [1.82, 2.24) is 19.5 Å². The van der Waals surface area contributed by atoms with E-state index in [0.29, 0.717) is 12.0 Å². The topological polar surface area (TPSA) is 221 Å². The van der Waals surface area contributed by atoms with E-state index in [0.717, 1.165) is 11.7 Å². The Hall–Kier alpha value is -3.25. The normalized spacial score (nSPS) is 27.4. The van der Waals surface area contributed by atoms with Crippen LogP contribution in [0.2, 0.25) is 0 Å². The summed E-state index contributed by atoms with van der Waals surface area (Å²) in [6.45, 7) is 4.73. The summed E-state index contributed by atoms with van der Waals surface area (Å²) >= 11 is 0. The number of fused-ring (bicyclic) bond motifs is 1. The molecule has 1 aliphatic heterocycles. The number of nitrogens with two attached hydrogens (primary N) is 2. The molecule has 3 heterocycles. The van der Waals surface area contributed by atoms with Crippen molar-refractivity contribution < 1.29 is 43.4 Å². The van der Waals surface area contributed by atoms with Crippen LogP contribution in [0.4, 0.5) is 20.4 Å². The van der Waals surface area contributed by atoms with Crippen LogP contribution in [-0.4, -0.2) is 90.0 Å². The molecule has 8 N–H and O–H groups in total. The molecule has 0 aromatic carbocycles. The molecule has 0 spiro atoms. The zero-order chi connectivity index (χ0) is 30.6. The first-order valence-corrected chi connectivity index (χ1v) is 12.5. The molecule has 42 heavy (non-hydrogen) atoms. The Balaban J connectivity index is 0.000000274. The maximum Gasteiger partial charge on any atom is 0.350 e. The Kier molecular flexibility index (Phi) is 11.9. The molecule has 234 valence electrons. The van der Waals surface area contributed by atoms with Crippen LogP contribution in [0.1, 0.15) is 33.2 Å². The summed E-state index contributed by atoms with van der Waals surface area (Å²) in [5.74, 6) is -1.84. The molecular formula is C25H35ClF2N6O8. The second-order valence-corrected chi connectivity index (χ2v) is 9.50. The molecule has 2 aromatic rings. The van der Waals surface area contributed by atoms with Crippen molar-refractivity contribution in [3.8, 4) is 6.01 Å². The largest absolute Gasteiger partial charge is 0.450 e. The minimum absolute atomic E-state index is 0. The van der Waals surface area contributed by atoms with Crippen LogP contribution in [0, 0.1) is 0 Å². The highest BCUT2D eigenvalue weighted by molar-refractivity contribution is 5.85. The van der Waals surface area contributed by atoms with Gasteiger partial charge in [-0.2, -0.15) is 9.97 Å². The first-order chi connectivity index (χ1) is 19.4. The highest BCUT2D eigenvalue weighted by Crippen LogP contribution is 2.44. The summed E-state index contributed by atoms with van der Waals surface area (Å²) in [7, 11) is 1.00. The van der Waals surface area contributed by atoms with Gasteiger partial charge in [0.15, 0.2) is 11.9 Å². The highest BCUT2D eigenvalue weighted by atomic mass is 35.5. The highest BCUT2D eigenvalue weighted by Gasteiger charge is 2.55. The first kappa shape index (κ1) is 34.9. The van der Waals surface area contributed by atoms with E-state index < -0.39 is 60.5 Å². The second-order valence-electron chi connectivity index (χ2n) is 9.50. The molecule has 0 saturated carbocycles. The monoisotopic (exact) mass is 620 g/mol.